The Morgan fingerprint density at radius 3 is 3.00 bits per heavy atom. The first kappa shape index (κ1) is 7.10. The number of hydrogen-bond donors (Lipinski definition) is 0. The van der Waals surface area contributed by atoms with Crippen LogP contribution in [0.15, 0.2) is 36.4 Å². The Morgan fingerprint density at radius 2 is 2.09 bits per heavy atom. The quantitative estimate of drug-likeness (QED) is 0.632. The highest BCUT2D eigenvalue weighted by molar-refractivity contribution is 14.1. The average molecular weight is 253 g/mol. The number of fused-ring (bicyclic) bond motifs is 1. The largest absolute Gasteiger partial charge is 0.0610 e. The molecule has 2 aromatic carbocycles. The molecule has 0 nitrogen and oxygen atoms in total. The van der Waals surface area contributed by atoms with Crippen molar-refractivity contribution in [3.8, 4) is 0 Å². The van der Waals surface area contributed by atoms with Gasteiger partial charge >= 0.3 is 0 Å². The molecule has 0 unspecified atom stereocenters. The first-order valence-corrected chi connectivity index (χ1v) is 4.50. The summed E-state index contributed by atoms with van der Waals surface area (Å²) in [6.45, 7) is 0. The molecule has 2 aromatic rings. The lowest BCUT2D eigenvalue weighted by Gasteiger charge is -1.95. The van der Waals surface area contributed by atoms with Gasteiger partial charge in [0.25, 0.3) is 0 Å². The summed E-state index contributed by atoms with van der Waals surface area (Å²) in [4.78, 5) is 0. The van der Waals surface area contributed by atoms with E-state index in [0.29, 0.717) is 0 Å². The van der Waals surface area contributed by atoms with Gasteiger partial charge in [-0.3, -0.25) is 0 Å². The zero-order valence-electron chi connectivity index (χ0n) is 5.84. The molecule has 0 bridgehead atoms. The summed E-state index contributed by atoms with van der Waals surface area (Å²) in [5.74, 6) is 0. The second-order valence-corrected chi connectivity index (χ2v) is 3.65. The van der Waals surface area contributed by atoms with E-state index in [1.54, 1.807) is 0 Å². The Morgan fingerprint density at radius 1 is 1.18 bits per heavy atom. The highest BCUT2D eigenvalue weighted by atomic mass is 127. The summed E-state index contributed by atoms with van der Waals surface area (Å²) in [7, 11) is 0. The molecule has 0 fully saturated rings. The Balaban J connectivity index is 2.83. The van der Waals surface area contributed by atoms with Crippen molar-refractivity contribution in [1.82, 2.24) is 0 Å². The van der Waals surface area contributed by atoms with Crippen molar-refractivity contribution in [1.29, 1.82) is 0 Å². The van der Waals surface area contributed by atoms with Gasteiger partial charge in [0, 0.05) is 3.57 Å². The molecule has 0 saturated heterocycles. The smallest absolute Gasteiger partial charge is 0.0136 e. The van der Waals surface area contributed by atoms with Crippen LogP contribution in [0.25, 0.3) is 10.8 Å². The van der Waals surface area contributed by atoms with Gasteiger partial charge < -0.3 is 0 Å². The molecule has 0 amide bonds. The molecular weight excluding hydrogens is 247 g/mol. The SMILES string of the molecule is Ic1ccc2[c]cccc2c1. The first-order chi connectivity index (χ1) is 5.36. The van der Waals surface area contributed by atoms with E-state index in [-0.39, 0.29) is 0 Å². The van der Waals surface area contributed by atoms with Crippen LogP contribution in [0, 0.1) is 9.64 Å². The fourth-order valence-electron chi connectivity index (χ4n) is 1.09. The van der Waals surface area contributed by atoms with Gasteiger partial charge in [-0.15, -0.1) is 0 Å². The van der Waals surface area contributed by atoms with Crippen molar-refractivity contribution >= 4 is 33.4 Å². The monoisotopic (exact) mass is 253 g/mol. The zero-order chi connectivity index (χ0) is 7.68. The molecule has 0 spiro atoms. The Labute approximate surface area is 79.4 Å². The molecule has 0 aliphatic heterocycles. The maximum atomic E-state index is 3.17. The van der Waals surface area contributed by atoms with E-state index in [4.69, 9.17) is 0 Å². The molecule has 0 aliphatic carbocycles. The van der Waals surface area contributed by atoms with Crippen LogP contribution >= 0.6 is 22.6 Å². The van der Waals surface area contributed by atoms with Crippen LogP contribution in [-0.4, -0.2) is 0 Å². The highest BCUT2D eigenvalue weighted by Crippen LogP contribution is 2.15. The predicted molar refractivity (Wildman–Crippen MR) is 55.5 cm³/mol. The van der Waals surface area contributed by atoms with Crippen molar-refractivity contribution in [3.63, 3.8) is 0 Å². The van der Waals surface area contributed by atoms with Crippen LogP contribution in [0.1, 0.15) is 0 Å². The predicted octanol–water partition coefficient (Wildman–Crippen LogP) is 3.24. The van der Waals surface area contributed by atoms with Gasteiger partial charge in [-0.1, -0.05) is 24.3 Å². The van der Waals surface area contributed by atoms with E-state index in [1.807, 2.05) is 12.1 Å². The zero-order valence-corrected chi connectivity index (χ0v) is 8.00. The summed E-state index contributed by atoms with van der Waals surface area (Å²) in [5, 5.41) is 2.45. The molecular formula is C10H6I. The minimum absolute atomic E-state index is 1.19. The third-order valence-electron chi connectivity index (χ3n) is 1.62. The van der Waals surface area contributed by atoms with Crippen molar-refractivity contribution < 1.29 is 0 Å². The molecule has 0 saturated carbocycles. The van der Waals surface area contributed by atoms with Gasteiger partial charge in [0.1, 0.15) is 0 Å². The summed E-state index contributed by atoms with van der Waals surface area (Å²) in [5.41, 5.74) is 0. The summed E-state index contributed by atoms with van der Waals surface area (Å²) in [6, 6.07) is 15.6. The Kier molecular flexibility index (Phi) is 1.82. The summed E-state index contributed by atoms with van der Waals surface area (Å²) >= 11 is 2.31. The van der Waals surface area contributed by atoms with Crippen molar-refractivity contribution in [3.05, 3.63) is 46.0 Å². The van der Waals surface area contributed by atoms with Gasteiger partial charge in [0.15, 0.2) is 0 Å². The molecule has 1 radical (unpaired) electrons. The molecule has 53 valence electrons. The van der Waals surface area contributed by atoms with Gasteiger partial charge in [0.05, 0.1) is 0 Å². The van der Waals surface area contributed by atoms with Crippen molar-refractivity contribution in [2.24, 2.45) is 0 Å². The standard InChI is InChI=1S/C10H6I/c11-10-6-5-8-3-1-2-4-9(8)7-10/h1-2,4-7H. The van der Waals surface area contributed by atoms with Gasteiger partial charge in [0.2, 0.25) is 0 Å². The van der Waals surface area contributed by atoms with Crippen molar-refractivity contribution in [2.45, 2.75) is 0 Å². The normalized spacial score (nSPS) is 10.3. The first-order valence-electron chi connectivity index (χ1n) is 3.42. The lowest BCUT2D eigenvalue weighted by atomic mass is 10.1. The fraction of sp³-hybridized carbons (Fsp3) is 0. The highest BCUT2D eigenvalue weighted by Gasteiger charge is 1.90. The van der Waals surface area contributed by atoms with E-state index >= 15 is 0 Å². The van der Waals surface area contributed by atoms with Gasteiger partial charge in [-0.25, -0.2) is 0 Å². The van der Waals surface area contributed by atoms with E-state index in [9.17, 15) is 0 Å². The number of halogens is 1. The molecule has 2 rings (SSSR count). The molecule has 0 aromatic heterocycles. The maximum Gasteiger partial charge on any atom is 0.0136 e. The fourth-order valence-corrected chi connectivity index (χ4v) is 1.61. The van der Waals surface area contributed by atoms with Crippen LogP contribution in [0.4, 0.5) is 0 Å². The molecule has 11 heavy (non-hydrogen) atoms. The van der Waals surface area contributed by atoms with E-state index in [1.165, 1.54) is 14.3 Å². The summed E-state index contributed by atoms with van der Waals surface area (Å²) < 4.78 is 1.27. The van der Waals surface area contributed by atoms with Crippen LogP contribution in [0.3, 0.4) is 0 Å². The number of rotatable bonds is 0. The van der Waals surface area contributed by atoms with Crippen molar-refractivity contribution in [2.75, 3.05) is 0 Å². The second kappa shape index (κ2) is 2.81. The minimum atomic E-state index is 1.19. The molecule has 1 heteroatoms. The topological polar surface area (TPSA) is 0 Å². The van der Waals surface area contributed by atoms with Crippen LogP contribution in [0.5, 0.6) is 0 Å². The third kappa shape index (κ3) is 1.38. The number of benzene rings is 2. The van der Waals surface area contributed by atoms with E-state index in [2.05, 4.69) is 52.9 Å². The molecule has 0 N–H and O–H groups in total. The molecule has 0 atom stereocenters. The van der Waals surface area contributed by atoms with Crippen LogP contribution in [-0.2, 0) is 0 Å². The minimum Gasteiger partial charge on any atom is -0.0610 e. The third-order valence-corrected chi connectivity index (χ3v) is 2.30. The van der Waals surface area contributed by atoms with Gasteiger partial charge in [-0.05, 0) is 51.6 Å². The lowest BCUT2D eigenvalue weighted by Crippen LogP contribution is -1.73. The lowest BCUT2D eigenvalue weighted by molar-refractivity contribution is 1.69. The second-order valence-electron chi connectivity index (χ2n) is 2.40. The Bertz CT molecular complexity index is 379. The van der Waals surface area contributed by atoms with Crippen LogP contribution in [0.2, 0.25) is 0 Å². The van der Waals surface area contributed by atoms with E-state index < -0.39 is 0 Å². The van der Waals surface area contributed by atoms with E-state index in [0.717, 1.165) is 0 Å². The maximum absolute atomic E-state index is 3.17. The number of hydrogen-bond acceptors (Lipinski definition) is 0. The molecule has 0 heterocycles. The van der Waals surface area contributed by atoms with Gasteiger partial charge in [-0.2, -0.15) is 0 Å². The summed E-state index contributed by atoms with van der Waals surface area (Å²) in [6.07, 6.45) is 0. The Hall–Kier alpha value is -0.570. The average Bonchev–Trinajstić information content (AvgIpc) is 2.04. The van der Waals surface area contributed by atoms with Crippen LogP contribution < -0.4 is 0 Å². The molecule has 0 aliphatic rings.